The first-order chi connectivity index (χ1) is 43.8. The van der Waals surface area contributed by atoms with Crippen molar-refractivity contribution < 1.29 is 37.1 Å². The van der Waals surface area contributed by atoms with Gasteiger partial charge in [0.2, 0.25) is 0 Å². The van der Waals surface area contributed by atoms with Gasteiger partial charge >= 0.3 is 21.2 Å². The molecule has 0 rings (SSSR count). The first-order valence-electron chi connectivity index (χ1n) is 40.8. The fourth-order valence-electron chi connectivity index (χ4n) is 13.1. The summed E-state index contributed by atoms with van der Waals surface area (Å²) in [5.41, 5.74) is -0.574. The Kier molecular flexibility index (Phi) is 73.4. The molecule has 0 aromatic carbocycles. The molecule has 89 heavy (non-hydrogen) atoms. The van der Waals surface area contributed by atoms with Crippen molar-refractivity contribution in [2.75, 3.05) is 32.6 Å². The van der Waals surface area contributed by atoms with Crippen molar-refractivity contribution in [2.45, 2.75) is 470 Å². The van der Waals surface area contributed by atoms with E-state index in [1.165, 1.54) is 334 Å². The highest BCUT2D eigenvalue weighted by atomic mass is 31.2. The predicted octanol–water partition coefficient (Wildman–Crippen LogP) is 29.5. The second-order valence-electron chi connectivity index (χ2n) is 28.1. The number of hydrogen-bond donors (Lipinski definition) is 1. The smallest absolute Gasteiger partial charge is 0.333 e. The summed E-state index contributed by atoms with van der Waals surface area (Å²) >= 11 is 0. The molecule has 0 heterocycles. The molecule has 0 amide bonds. The Balaban J connectivity index is 5.58. The molecule has 1 N–H and O–H groups in total. The lowest BCUT2D eigenvalue weighted by Crippen LogP contribution is -2.18. The van der Waals surface area contributed by atoms with Crippen LogP contribution < -0.4 is 0 Å². The molecule has 8 nitrogen and oxygen atoms in total. The molecule has 1 unspecified atom stereocenters. The van der Waals surface area contributed by atoms with E-state index >= 15 is 4.57 Å². The first kappa shape index (κ1) is 88.8. The molecule has 1 atom stereocenters. The zero-order valence-electron chi connectivity index (χ0n) is 60.9. The topological polar surface area (TPSA) is 108 Å². The van der Waals surface area contributed by atoms with Crippen molar-refractivity contribution >= 4 is 21.2 Å². The molecule has 0 saturated carbocycles. The minimum absolute atomic E-state index is 0.0160. The van der Waals surface area contributed by atoms with Crippen molar-refractivity contribution in [3.63, 3.8) is 0 Å². The molecule has 0 aromatic heterocycles. The monoisotopic (exact) mass is 1300 g/mol. The first-order valence-corrected chi connectivity index (χ1v) is 44.1. The summed E-state index contributed by atoms with van der Waals surface area (Å²) in [7, 11) is -7.26. The van der Waals surface area contributed by atoms with Gasteiger partial charge in [-0.25, -0.2) is 0 Å². The van der Waals surface area contributed by atoms with Gasteiger partial charge in [-0.15, -0.1) is 0 Å². The predicted molar refractivity (Wildman–Crippen MR) is 392 cm³/mol. The van der Waals surface area contributed by atoms with Gasteiger partial charge in [0.15, 0.2) is 0 Å². The molecule has 0 aliphatic heterocycles. The van der Waals surface area contributed by atoms with Gasteiger partial charge in [-0.2, -0.15) is 0 Å². The lowest BCUT2D eigenvalue weighted by molar-refractivity contribution is -0.137. The summed E-state index contributed by atoms with van der Waals surface area (Å²) in [6, 6.07) is 0. The van der Waals surface area contributed by atoms with Crippen molar-refractivity contribution in [1.82, 2.24) is 0 Å². The normalized spacial score (nSPS) is 12.5. The van der Waals surface area contributed by atoms with Crippen LogP contribution in [0, 0.1) is 0 Å². The van der Waals surface area contributed by atoms with Crippen LogP contribution in [-0.4, -0.2) is 49.3 Å². The van der Waals surface area contributed by atoms with E-state index < -0.39 is 26.8 Å². The lowest BCUT2D eigenvalue weighted by Gasteiger charge is -2.28. The second-order valence-corrected chi connectivity index (χ2v) is 32.7. The van der Waals surface area contributed by atoms with Crippen LogP contribution >= 0.6 is 15.2 Å². The number of carboxylic acids is 1. The van der Waals surface area contributed by atoms with Gasteiger partial charge in [0.05, 0.1) is 38.2 Å². The van der Waals surface area contributed by atoms with Crippen LogP contribution in [0.1, 0.15) is 464 Å². The van der Waals surface area contributed by atoms with Gasteiger partial charge < -0.3 is 23.2 Å². The number of unbranched alkanes of at least 4 members (excludes halogenated alkanes) is 60. The molecule has 10 heteroatoms. The van der Waals surface area contributed by atoms with Crippen LogP contribution in [0.5, 0.6) is 0 Å². The Labute approximate surface area is 558 Å². The second kappa shape index (κ2) is 73.6. The van der Waals surface area contributed by atoms with Gasteiger partial charge in [0.1, 0.15) is 0 Å². The standard InChI is InChI=1S/C79H160O8P2/c1-5-9-13-17-21-25-29-33-37-41-45-49-53-57-61-65-73-84-88(82,85-74-66-62-58-54-50-46-42-38-34-30-26-22-18-14-10-6-2)77-72-78(70-69-71-79(80)81)89(83,86-75-67-63-59-55-51-47-43-39-35-31-27-23-19-15-11-7-3)87-76-68-64-60-56-52-48-44-40-36-32-28-24-20-16-12-8-4/h78H,5-77H2,1-4H3,(H,80,81). The maximum atomic E-state index is 15.3. The van der Waals surface area contributed by atoms with Crippen LogP contribution in [0.25, 0.3) is 0 Å². The molecule has 0 fully saturated rings. The highest BCUT2D eigenvalue weighted by molar-refractivity contribution is 7.55. The Morgan fingerprint density at radius 1 is 0.258 bits per heavy atom. The largest absolute Gasteiger partial charge is 0.481 e. The molecular formula is C79H160O8P2. The number of aliphatic carboxylic acids is 1. The minimum Gasteiger partial charge on any atom is -0.481 e. The average Bonchev–Trinajstić information content (AvgIpc) is 2.90. The highest BCUT2D eigenvalue weighted by Gasteiger charge is 2.38. The molecule has 0 aliphatic rings. The van der Waals surface area contributed by atoms with Gasteiger partial charge in [-0.3, -0.25) is 13.9 Å². The molecule has 0 saturated heterocycles. The van der Waals surface area contributed by atoms with Crippen LogP contribution in [0.4, 0.5) is 0 Å². The number of carbonyl (C=O) groups is 1. The number of carboxylic acid groups (broad SMARTS) is 1. The van der Waals surface area contributed by atoms with Crippen molar-refractivity contribution in [2.24, 2.45) is 0 Å². The van der Waals surface area contributed by atoms with Gasteiger partial charge in [-0.1, -0.05) is 413 Å². The summed E-state index contributed by atoms with van der Waals surface area (Å²) in [5.74, 6) is -0.864. The average molecular weight is 1300 g/mol. The van der Waals surface area contributed by atoms with Crippen LogP contribution in [-0.2, 0) is 32.0 Å². The maximum absolute atomic E-state index is 15.3. The molecule has 0 spiro atoms. The zero-order valence-corrected chi connectivity index (χ0v) is 62.7. The third-order valence-electron chi connectivity index (χ3n) is 19.2. The molecular weight excluding hydrogens is 1140 g/mol. The molecule has 0 aromatic rings. The summed E-state index contributed by atoms with van der Waals surface area (Å²) < 4.78 is 55.8. The van der Waals surface area contributed by atoms with E-state index in [0.717, 1.165) is 77.0 Å². The SMILES string of the molecule is CCCCCCCCCCCCCCCCCCOP(=O)(CCC(CCCC(=O)O)P(=O)(OCCCCCCCCCCCCCCCCCC)OCCCCCCCCCCCCCCCCCC)OCCCCCCCCCCCCCCCCCC. The van der Waals surface area contributed by atoms with E-state index in [1.807, 2.05) is 0 Å². The third kappa shape index (κ3) is 67.5. The molecule has 0 radical (unpaired) electrons. The number of hydrogen-bond acceptors (Lipinski definition) is 7. The molecule has 534 valence electrons. The van der Waals surface area contributed by atoms with Gasteiger partial charge in [0, 0.05) is 6.42 Å². The maximum Gasteiger partial charge on any atom is 0.333 e. The highest BCUT2D eigenvalue weighted by Crippen LogP contribution is 2.59. The summed E-state index contributed by atoms with van der Waals surface area (Å²) in [5, 5.41) is 9.75. The van der Waals surface area contributed by atoms with E-state index in [0.29, 0.717) is 45.7 Å². The van der Waals surface area contributed by atoms with Gasteiger partial charge in [-0.05, 0) is 44.9 Å². The third-order valence-corrected chi connectivity index (χ3v) is 23.7. The van der Waals surface area contributed by atoms with Crippen LogP contribution in [0.15, 0.2) is 0 Å². The Morgan fingerprint density at radius 2 is 0.438 bits per heavy atom. The van der Waals surface area contributed by atoms with E-state index in [-0.39, 0.29) is 12.6 Å². The summed E-state index contributed by atoms with van der Waals surface area (Å²) in [4.78, 5) is 11.9. The van der Waals surface area contributed by atoms with Crippen LogP contribution in [0.2, 0.25) is 0 Å². The van der Waals surface area contributed by atoms with E-state index in [1.54, 1.807) is 0 Å². The Morgan fingerprint density at radius 3 is 0.629 bits per heavy atom. The van der Waals surface area contributed by atoms with Crippen molar-refractivity contribution in [3.05, 3.63) is 0 Å². The minimum atomic E-state index is -3.71. The lowest BCUT2D eigenvalue weighted by atomic mass is 10.0. The van der Waals surface area contributed by atoms with Gasteiger partial charge in [0.25, 0.3) is 0 Å². The Bertz CT molecular complexity index is 1380. The summed E-state index contributed by atoms with van der Waals surface area (Å²) in [6.07, 6.45) is 83.7. The number of rotatable bonds is 80. The van der Waals surface area contributed by atoms with Crippen LogP contribution in [0.3, 0.4) is 0 Å². The van der Waals surface area contributed by atoms with E-state index in [2.05, 4.69) is 27.7 Å². The Hall–Kier alpha value is -0.230. The zero-order chi connectivity index (χ0) is 64.6. The summed E-state index contributed by atoms with van der Waals surface area (Å²) in [6.45, 7) is 10.6. The quantitative estimate of drug-likeness (QED) is 0.0474. The fourth-order valence-corrected chi connectivity index (χ4v) is 17.2. The van der Waals surface area contributed by atoms with Crippen molar-refractivity contribution in [1.29, 1.82) is 0 Å². The molecule has 0 aliphatic carbocycles. The van der Waals surface area contributed by atoms with E-state index in [4.69, 9.17) is 18.1 Å². The van der Waals surface area contributed by atoms with Crippen molar-refractivity contribution in [3.8, 4) is 0 Å². The van der Waals surface area contributed by atoms with E-state index in [9.17, 15) is 14.5 Å². The fraction of sp³-hybridized carbons (Fsp3) is 0.987. The molecule has 0 bridgehead atoms.